The standard InChI is InChI=1S/C18H14ClN3O3S/c19-16-15(26-18(22-16)12-2-1-5-20-10-12)17(23)21-9-11-3-4-13-14(8-11)25-7-6-24-13/h1-5,8,10H,6-7,9H2,(H,21,23). The highest BCUT2D eigenvalue weighted by molar-refractivity contribution is 7.17. The van der Waals surface area contributed by atoms with Gasteiger partial charge < -0.3 is 14.8 Å². The first-order valence-electron chi connectivity index (χ1n) is 7.94. The van der Waals surface area contributed by atoms with Gasteiger partial charge in [-0.1, -0.05) is 17.7 Å². The van der Waals surface area contributed by atoms with Gasteiger partial charge in [0.2, 0.25) is 0 Å². The quantitative estimate of drug-likeness (QED) is 0.741. The van der Waals surface area contributed by atoms with Crippen molar-refractivity contribution in [2.24, 2.45) is 0 Å². The Morgan fingerprint density at radius 1 is 1.23 bits per heavy atom. The van der Waals surface area contributed by atoms with Gasteiger partial charge in [0.05, 0.1) is 0 Å². The topological polar surface area (TPSA) is 73.3 Å². The number of pyridine rings is 1. The van der Waals surface area contributed by atoms with Gasteiger partial charge in [-0.3, -0.25) is 9.78 Å². The zero-order valence-corrected chi connectivity index (χ0v) is 15.1. The van der Waals surface area contributed by atoms with E-state index in [4.69, 9.17) is 21.1 Å². The predicted octanol–water partition coefficient (Wildman–Crippen LogP) is 3.56. The molecule has 0 fully saturated rings. The van der Waals surface area contributed by atoms with Crippen molar-refractivity contribution in [3.05, 3.63) is 58.3 Å². The number of carbonyl (C=O) groups is 1. The molecule has 3 aromatic rings. The summed E-state index contributed by atoms with van der Waals surface area (Å²) in [6, 6.07) is 9.29. The molecule has 0 saturated carbocycles. The van der Waals surface area contributed by atoms with E-state index < -0.39 is 0 Å². The number of nitrogens with one attached hydrogen (secondary N) is 1. The van der Waals surface area contributed by atoms with Gasteiger partial charge in [0.15, 0.2) is 16.7 Å². The van der Waals surface area contributed by atoms with Gasteiger partial charge in [0.25, 0.3) is 5.91 Å². The molecule has 1 amide bonds. The third kappa shape index (κ3) is 3.49. The molecule has 2 aromatic heterocycles. The SMILES string of the molecule is O=C(NCc1ccc2c(c1)OCCO2)c1sc(-c2cccnc2)nc1Cl. The van der Waals surface area contributed by atoms with Gasteiger partial charge >= 0.3 is 0 Å². The molecule has 8 heteroatoms. The van der Waals surface area contributed by atoms with E-state index in [1.807, 2.05) is 30.3 Å². The zero-order chi connectivity index (χ0) is 17.9. The van der Waals surface area contributed by atoms with E-state index in [1.54, 1.807) is 12.4 Å². The Morgan fingerprint density at radius 3 is 2.88 bits per heavy atom. The van der Waals surface area contributed by atoms with Gasteiger partial charge in [-0.15, -0.1) is 11.3 Å². The third-order valence-electron chi connectivity index (χ3n) is 3.76. The van der Waals surface area contributed by atoms with Crippen LogP contribution >= 0.6 is 22.9 Å². The summed E-state index contributed by atoms with van der Waals surface area (Å²) in [5.41, 5.74) is 1.74. The maximum atomic E-state index is 12.5. The molecule has 4 rings (SSSR count). The summed E-state index contributed by atoms with van der Waals surface area (Å²) in [7, 11) is 0. The van der Waals surface area contributed by atoms with Crippen molar-refractivity contribution in [2.45, 2.75) is 6.54 Å². The second-order valence-electron chi connectivity index (χ2n) is 5.54. The Balaban J connectivity index is 1.46. The fourth-order valence-electron chi connectivity index (χ4n) is 2.51. The fraction of sp³-hybridized carbons (Fsp3) is 0.167. The summed E-state index contributed by atoms with van der Waals surface area (Å²) in [6.07, 6.45) is 3.37. The first kappa shape index (κ1) is 16.8. The Kier molecular flexibility index (Phi) is 4.73. The molecular weight excluding hydrogens is 374 g/mol. The van der Waals surface area contributed by atoms with Gasteiger partial charge in [-0.2, -0.15) is 0 Å². The van der Waals surface area contributed by atoms with Gasteiger partial charge in [0.1, 0.15) is 23.1 Å². The summed E-state index contributed by atoms with van der Waals surface area (Å²) in [4.78, 5) is 21.2. The lowest BCUT2D eigenvalue weighted by atomic mass is 10.2. The monoisotopic (exact) mass is 387 g/mol. The molecular formula is C18H14ClN3O3S. The van der Waals surface area contributed by atoms with Crippen LogP contribution in [0, 0.1) is 0 Å². The van der Waals surface area contributed by atoms with Crippen molar-refractivity contribution >= 4 is 28.8 Å². The number of benzene rings is 1. The molecule has 0 unspecified atom stereocenters. The van der Waals surface area contributed by atoms with Crippen LogP contribution in [0.15, 0.2) is 42.7 Å². The maximum absolute atomic E-state index is 12.5. The second-order valence-corrected chi connectivity index (χ2v) is 6.90. The van der Waals surface area contributed by atoms with E-state index in [1.165, 1.54) is 11.3 Å². The Bertz CT molecular complexity index is 946. The number of carbonyl (C=O) groups excluding carboxylic acids is 1. The number of amides is 1. The average Bonchev–Trinajstić information content (AvgIpc) is 3.08. The van der Waals surface area contributed by atoms with Crippen molar-refractivity contribution in [1.82, 2.24) is 15.3 Å². The number of ether oxygens (including phenoxy) is 2. The molecule has 1 aliphatic rings. The molecule has 0 aliphatic carbocycles. The highest BCUT2D eigenvalue weighted by atomic mass is 35.5. The normalized spacial score (nSPS) is 12.7. The summed E-state index contributed by atoms with van der Waals surface area (Å²) in [5, 5.41) is 3.71. The van der Waals surface area contributed by atoms with Crippen molar-refractivity contribution < 1.29 is 14.3 Å². The molecule has 3 heterocycles. The van der Waals surface area contributed by atoms with E-state index in [-0.39, 0.29) is 11.1 Å². The lowest BCUT2D eigenvalue weighted by Crippen LogP contribution is -2.22. The van der Waals surface area contributed by atoms with Crippen LogP contribution in [-0.4, -0.2) is 29.1 Å². The maximum Gasteiger partial charge on any atom is 0.264 e. The van der Waals surface area contributed by atoms with Crippen LogP contribution in [0.4, 0.5) is 0 Å². The molecule has 26 heavy (non-hydrogen) atoms. The van der Waals surface area contributed by atoms with Crippen LogP contribution in [0.25, 0.3) is 10.6 Å². The van der Waals surface area contributed by atoms with Crippen LogP contribution in [0.2, 0.25) is 5.15 Å². The number of nitrogens with zero attached hydrogens (tertiary/aromatic N) is 2. The van der Waals surface area contributed by atoms with Gasteiger partial charge in [0, 0.05) is 24.5 Å². The number of rotatable bonds is 4. The first-order valence-corrected chi connectivity index (χ1v) is 9.13. The molecule has 0 spiro atoms. The lowest BCUT2D eigenvalue weighted by Gasteiger charge is -2.18. The minimum atomic E-state index is -0.266. The summed E-state index contributed by atoms with van der Waals surface area (Å²) in [5.74, 6) is 1.15. The summed E-state index contributed by atoms with van der Waals surface area (Å²) < 4.78 is 11.0. The van der Waals surface area contributed by atoms with E-state index >= 15 is 0 Å². The number of fused-ring (bicyclic) bond motifs is 1. The first-order chi connectivity index (χ1) is 12.7. The highest BCUT2D eigenvalue weighted by Crippen LogP contribution is 2.32. The van der Waals surface area contributed by atoms with Crippen LogP contribution < -0.4 is 14.8 Å². The molecule has 1 aliphatic heterocycles. The molecule has 0 bridgehead atoms. The Hall–Kier alpha value is -2.64. The minimum absolute atomic E-state index is 0.188. The highest BCUT2D eigenvalue weighted by Gasteiger charge is 2.18. The zero-order valence-electron chi connectivity index (χ0n) is 13.6. The third-order valence-corrected chi connectivity index (χ3v) is 5.25. The molecule has 1 aromatic carbocycles. The van der Waals surface area contributed by atoms with Crippen LogP contribution in [0.5, 0.6) is 11.5 Å². The predicted molar refractivity (Wildman–Crippen MR) is 99.0 cm³/mol. The van der Waals surface area contributed by atoms with Crippen LogP contribution in [0.1, 0.15) is 15.2 Å². The van der Waals surface area contributed by atoms with Crippen LogP contribution in [-0.2, 0) is 6.54 Å². The van der Waals surface area contributed by atoms with E-state index in [0.29, 0.717) is 35.4 Å². The number of hydrogen-bond acceptors (Lipinski definition) is 6. The number of aromatic nitrogens is 2. The smallest absolute Gasteiger partial charge is 0.264 e. The van der Waals surface area contributed by atoms with E-state index in [0.717, 1.165) is 16.9 Å². The number of halogens is 1. The van der Waals surface area contributed by atoms with E-state index in [2.05, 4.69) is 15.3 Å². The lowest BCUT2D eigenvalue weighted by molar-refractivity contribution is 0.0955. The Morgan fingerprint density at radius 2 is 2.08 bits per heavy atom. The molecule has 1 N–H and O–H groups in total. The molecule has 132 valence electrons. The summed E-state index contributed by atoms with van der Waals surface area (Å²) in [6.45, 7) is 1.43. The van der Waals surface area contributed by atoms with Crippen molar-refractivity contribution in [1.29, 1.82) is 0 Å². The van der Waals surface area contributed by atoms with E-state index in [9.17, 15) is 4.79 Å². The average molecular weight is 388 g/mol. The van der Waals surface area contributed by atoms with Crippen molar-refractivity contribution in [3.8, 4) is 22.1 Å². The summed E-state index contributed by atoms with van der Waals surface area (Å²) >= 11 is 7.39. The number of hydrogen-bond donors (Lipinski definition) is 1. The molecule has 0 atom stereocenters. The van der Waals surface area contributed by atoms with Crippen molar-refractivity contribution in [3.63, 3.8) is 0 Å². The second kappa shape index (κ2) is 7.31. The largest absolute Gasteiger partial charge is 0.486 e. The van der Waals surface area contributed by atoms with Gasteiger partial charge in [-0.05, 0) is 29.8 Å². The molecule has 6 nitrogen and oxygen atoms in total. The Labute approximate surface area is 158 Å². The number of thiazole rings is 1. The van der Waals surface area contributed by atoms with Crippen molar-refractivity contribution in [2.75, 3.05) is 13.2 Å². The van der Waals surface area contributed by atoms with Gasteiger partial charge in [-0.25, -0.2) is 4.98 Å². The molecule has 0 saturated heterocycles. The molecule has 0 radical (unpaired) electrons. The minimum Gasteiger partial charge on any atom is -0.486 e. The van der Waals surface area contributed by atoms with Crippen LogP contribution in [0.3, 0.4) is 0 Å². The fourth-order valence-corrected chi connectivity index (χ4v) is 3.71.